The summed E-state index contributed by atoms with van der Waals surface area (Å²) in [5.74, 6) is -0.471. The molecular formula is C14H20N2O2. The van der Waals surface area contributed by atoms with Crippen LogP contribution in [0.4, 0.5) is 0 Å². The van der Waals surface area contributed by atoms with E-state index >= 15 is 0 Å². The van der Waals surface area contributed by atoms with Gasteiger partial charge >= 0.3 is 0 Å². The molecule has 1 aromatic heterocycles. The van der Waals surface area contributed by atoms with E-state index in [9.17, 15) is 9.59 Å². The van der Waals surface area contributed by atoms with Crippen molar-refractivity contribution in [2.24, 2.45) is 11.3 Å². The maximum atomic E-state index is 11.9. The highest BCUT2D eigenvalue weighted by molar-refractivity contribution is 6.03. The number of rotatable bonds is 4. The molecule has 1 aromatic rings. The number of hydrogen-bond acceptors (Lipinski definition) is 2. The first kappa shape index (κ1) is 12.9. The van der Waals surface area contributed by atoms with Gasteiger partial charge in [-0.1, -0.05) is 13.8 Å². The Hall–Kier alpha value is -1.58. The molecule has 1 atom stereocenters. The van der Waals surface area contributed by atoms with E-state index in [-0.39, 0.29) is 17.1 Å². The van der Waals surface area contributed by atoms with E-state index in [4.69, 9.17) is 0 Å². The summed E-state index contributed by atoms with van der Waals surface area (Å²) in [6, 6.07) is 3.90. The van der Waals surface area contributed by atoms with Crippen LogP contribution in [0, 0.1) is 11.3 Å². The summed E-state index contributed by atoms with van der Waals surface area (Å²) in [6.45, 7) is 5.39. The molecule has 0 saturated heterocycles. The molecule has 0 aromatic carbocycles. The van der Waals surface area contributed by atoms with Gasteiger partial charge in [-0.3, -0.25) is 9.59 Å². The first-order valence-electron chi connectivity index (χ1n) is 6.39. The molecule has 0 aliphatic heterocycles. The highest BCUT2D eigenvalue weighted by Crippen LogP contribution is 2.38. The molecule has 1 N–H and O–H groups in total. The van der Waals surface area contributed by atoms with E-state index in [2.05, 4.69) is 5.32 Å². The Kier molecular flexibility index (Phi) is 3.55. The third-order valence-corrected chi connectivity index (χ3v) is 3.45. The summed E-state index contributed by atoms with van der Waals surface area (Å²) in [7, 11) is 0. The Morgan fingerprint density at radius 2 is 2.11 bits per heavy atom. The summed E-state index contributed by atoms with van der Waals surface area (Å²) < 4.78 is 2.00. The average Bonchev–Trinajstić information content (AvgIpc) is 2.86. The molecule has 18 heavy (non-hydrogen) atoms. The molecule has 1 heterocycles. The highest BCUT2D eigenvalue weighted by Gasteiger charge is 2.41. The lowest BCUT2D eigenvalue weighted by molar-refractivity contribution is -0.132. The predicted octanol–water partition coefficient (Wildman–Crippen LogP) is 1.61. The largest absolute Gasteiger partial charge is 0.354 e. The van der Waals surface area contributed by atoms with Gasteiger partial charge in [-0.2, -0.15) is 0 Å². The molecule has 0 bridgehead atoms. The fourth-order valence-corrected chi connectivity index (χ4v) is 2.52. The van der Waals surface area contributed by atoms with Gasteiger partial charge in [0, 0.05) is 31.9 Å². The van der Waals surface area contributed by atoms with Gasteiger partial charge < -0.3 is 9.88 Å². The molecule has 0 radical (unpaired) electrons. The zero-order chi connectivity index (χ0) is 13.2. The van der Waals surface area contributed by atoms with Gasteiger partial charge in [-0.05, 0) is 24.0 Å². The van der Waals surface area contributed by atoms with E-state index < -0.39 is 5.92 Å². The number of amides is 1. The number of aromatic nitrogens is 1. The van der Waals surface area contributed by atoms with Crippen molar-refractivity contribution in [1.29, 1.82) is 0 Å². The van der Waals surface area contributed by atoms with Crippen LogP contribution in [-0.2, 0) is 16.1 Å². The number of ketones is 1. The summed E-state index contributed by atoms with van der Waals surface area (Å²) in [4.78, 5) is 23.7. The van der Waals surface area contributed by atoms with Gasteiger partial charge in [0.25, 0.3) is 0 Å². The standard InChI is InChI=1S/C14H20N2O2/c1-14(2)9-11(12(17)10-14)13(18)15-5-8-16-6-3-4-7-16/h3-4,6-7,11H,5,8-10H2,1-2H3,(H,15,18). The number of nitrogens with one attached hydrogen (secondary N) is 1. The summed E-state index contributed by atoms with van der Waals surface area (Å²) >= 11 is 0. The number of carbonyl (C=O) groups is 2. The molecule has 1 unspecified atom stereocenters. The topological polar surface area (TPSA) is 51.1 Å². The Bertz CT molecular complexity index is 435. The van der Waals surface area contributed by atoms with Crippen molar-refractivity contribution < 1.29 is 9.59 Å². The average molecular weight is 248 g/mol. The van der Waals surface area contributed by atoms with Gasteiger partial charge in [0.2, 0.25) is 5.91 Å². The molecule has 1 saturated carbocycles. The first-order valence-corrected chi connectivity index (χ1v) is 6.39. The van der Waals surface area contributed by atoms with Crippen molar-refractivity contribution in [2.45, 2.75) is 33.2 Å². The molecule has 1 fully saturated rings. The number of hydrogen-bond donors (Lipinski definition) is 1. The van der Waals surface area contributed by atoms with Gasteiger partial charge in [0.1, 0.15) is 5.78 Å². The van der Waals surface area contributed by atoms with Crippen LogP contribution in [0.15, 0.2) is 24.5 Å². The molecule has 1 aliphatic rings. The van der Waals surface area contributed by atoms with E-state index in [1.54, 1.807) is 0 Å². The number of carbonyl (C=O) groups excluding carboxylic acids is 2. The third kappa shape index (κ3) is 3.00. The van der Waals surface area contributed by atoms with Crippen LogP contribution < -0.4 is 5.32 Å². The second-order valence-electron chi connectivity index (χ2n) is 5.78. The van der Waals surface area contributed by atoms with Crippen LogP contribution in [-0.4, -0.2) is 22.8 Å². The van der Waals surface area contributed by atoms with E-state index in [0.717, 1.165) is 6.54 Å². The molecule has 98 valence electrons. The van der Waals surface area contributed by atoms with E-state index in [1.165, 1.54) is 0 Å². The fourth-order valence-electron chi connectivity index (χ4n) is 2.52. The lowest BCUT2D eigenvalue weighted by Crippen LogP contribution is -2.34. The number of nitrogens with zero attached hydrogens (tertiary/aromatic N) is 1. The molecule has 1 amide bonds. The lowest BCUT2D eigenvalue weighted by atomic mass is 9.90. The zero-order valence-electron chi connectivity index (χ0n) is 11.0. The van der Waals surface area contributed by atoms with Gasteiger partial charge in [-0.15, -0.1) is 0 Å². The van der Waals surface area contributed by atoms with E-state index in [1.807, 2.05) is 42.9 Å². The van der Waals surface area contributed by atoms with Crippen molar-refractivity contribution in [3.05, 3.63) is 24.5 Å². The summed E-state index contributed by atoms with van der Waals surface area (Å²) in [5, 5.41) is 2.85. The molecule has 4 heteroatoms. The zero-order valence-corrected chi connectivity index (χ0v) is 11.0. The Morgan fingerprint density at radius 3 is 2.67 bits per heavy atom. The van der Waals surface area contributed by atoms with Crippen LogP contribution in [0.3, 0.4) is 0 Å². The lowest BCUT2D eigenvalue weighted by Gasteiger charge is -2.15. The Morgan fingerprint density at radius 1 is 1.44 bits per heavy atom. The van der Waals surface area contributed by atoms with Crippen LogP contribution in [0.2, 0.25) is 0 Å². The van der Waals surface area contributed by atoms with E-state index in [0.29, 0.717) is 19.4 Å². The van der Waals surface area contributed by atoms with Crippen LogP contribution in [0.1, 0.15) is 26.7 Å². The minimum atomic E-state index is -0.440. The van der Waals surface area contributed by atoms with Crippen molar-refractivity contribution >= 4 is 11.7 Å². The van der Waals surface area contributed by atoms with Crippen molar-refractivity contribution in [3.63, 3.8) is 0 Å². The second-order valence-corrected chi connectivity index (χ2v) is 5.78. The first-order chi connectivity index (χ1) is 8.48. The second kappa shape index (κ2) is 4.96. The van der Waals surface area contributed by atoms with Gasteiger partial charge in [0.05, 0.1) is 5.92 Å². The van der Waals surface area contributed by atoms with Crippen molar-refractivity contribution in [2.75, 3.05) is 6.54 Å². The highest BCUT2D eigenvalue weighted by atomic mass is 16.2. The Balaban J connectivity index is 1.80. The third-order valence-electron chi connectivity index (χ3n) is 3.45. The minimum Gasteiger partial charge on any atom is -0.354 e. The number of Topliss-reactive ketones (excluding diaryl/α,β-unsaturated/α-hetero) is 1. The fraction of sp³-hybridized carbons (Fsp3) is 0.571. The van der Waals surface area contributed by atoms with Gasteiger partial charge in [0.15, 0.2) is 0 Å². The predicted molar refractivity (Wildman–Crippen MR) is 69.0 cm³/mol. The van der Waals surface area contributed by atoms with Crippen molar-refractivity contribution in [1.82, 2.24) is 9.88 Å². The molecule has 0 spiro atoms. The maximum Gasteiger partial charge on any atom is 0.230 e. The maximum absolute atomic E-state index is 11.9. The molecule has 2 rings (SSSR count). The molecule has 4 nitrogen and oxygen atoms in total. The monoisotopic (exact) mass is 248 g/mol. The quantitative estimate of drug-likeness (QED) is 0.823. The SMILES string of the molecule is CC1(C)CC(=O)C(C(=O)NCCn2cccc2)C1. The molecular weight excluding hydrogens is 228 g/mol. The van der Waals surface area contributed by atoms with Gasteiger partial charge in [-0.25, -0.2) is 0 Å². The smallest absolute Gasteiger partial charge is 0.230 e. The Labute approximate surface area is 107 Å². The van der Waals surface area contributed by atoms with Crippen molar-refractivity contribution in [3.8, 4) is 0 Å². The summed E-state index contributed by atoms with van der Waals surface area (Å²) in [6.07, 6.45) is 5.09. The summed E-state index contributed by atoms with van der Waals surface area (Å²) in [5.41, 5.74) is -0.0283. The molecule has 1 aliphatic carbocycles. The minimum absolute atomic E-state index is 0.0283. The normalized spacial score (nSPS) is 22.1. The van der Waals surface area contributed by atoms with Crippen LogP contribution >= 0.6 is 0 Å². The van der Waals surface area contributed by atoms with Crippen LogP contribution in [0.25, 0.3) is 0 Å². The van der Waals surface area contributed by atoms with Crippen LogP contribution in [0.5, 0.6) is 0 Å².